The fraction of sp³-hybridized carbons (Fsp3) is 0.176. The van der Waals surface area contributed by atoms with Gasteiger partial charge in [0.25, 0.3) is 0 Å². The van der Waals surface area contributed by atoms with Crippen LogP contribution in [0.2, 0.25) is 0 Å². The molecule has 0 aliphatic heterocycles. The molecular formula is C102H97BrMgN16O17. The molecule has 0 aliphatic rings. The van der Waals surface area contributed by atoms with Gasteiger partial charge in [-0.25, -0.2) is 44.7 Å². The van der Waals surface area contributed by atoms with Crippen molar-refractivity contribution in [2.24, 2.45) is 0 Å². The van der Waals surface area contributed by atoms with Gasteiger partial charge in [0.05, 0.1) is 103 Å². The van der Waals surface area contributed by atoms with Gasteiger partial charge in [-0.05, 0) is 103 Å². The number of para-hydroxylation sites is 4. The van der Waals surface area contributed by atoms with E-state index in [2.05, 4.69) is 42.3 Å². The molecule has 1 unspecified atom stereocenters. The van der Waals surface area contributed by atoms with Crippen LogP contribution in [0.25, 0.3) is 66.2 Å². The van der Waals surface area contributed by atoms with E-state index in [1.807, 2.05) is 227 Å². The number of hydrogen-bond donors (Lipinski definition) is 7. The summed E-state index contributed by atoms with van der Waals surface area (Å²) in [5, 5.41) is 46.5. The van der Waals surface area contributed by atoms with Gasteiger partial charge < -0.3 is 110 Å². The number of anilines is 4. The van der Waals surface area contributed by atoms with Gasteiger partial charge in [-0.2, -0.15) is 36.4 Å². The Balaban J connectivity index is 0.000000151. The van der Waals surface area contributed by atoms with Crippen LogP contribution in [0.5, 0.6) is 69.0 Å². The second-order valence-corrected chi connectivity index (χ2v) is 29.8. The Morgan fingerprint density at radius 1 is 0.343 bits per heavy atom. The number of methoxy groups -OCH3 is 12. The third-order valence-electron chi connectivity index (χ3n) is 21.9. The fourth-order valence-electron chi connectivity index (χ4n) is 15.1. The van der Waals surface area contributed by atoms with Gasteiger partial charge >= 0.3 is 29.0 Å². The van der Waals surface area contributed by atoms with E-state index in [1.54, 1.807) is 131 Å². The van der Waals surface area contributed by atoms with E-state index in [0.717, 1.165) is 55.5 Å². The predicted octanol–water partition coefficient (Wildman–Crippen LogP) is 13.7. The first-order chi connectivity index (χ1) is 66.0. The van der Waals surface area contributed by atoms with Crippen LogP contribution >= 0.6 is 0 Å². The monoisotopic (exact) mass is 1920 g/mol. The number of halogens is 1. The van der Waals surface area contributed by atoms with Crippen molar-refractivity contribution in [1.29, 1.82) is 0 Å². The molecule has 0 aliphatic carbocycles. The smallest absolute Gasteiger partial charge is 1.00 e. The maximum atomic E-state index is 13.1. The van der Waals surface area contributed by atoms with Crippen molar-refractivity contribution in [3.8, 4) is 69.0 Å². The predicted molar refractivity (Wildman–Crippen MR) is 520 cm³/mol. The first-order valence-electron chi connectivity index (χ1n) is 42.3. The Bertz CT molecular complexity index is 7400. The number of carbonyl (C=O) groups excluding carboxylic acids is 1. The number of ketones is 1. The van der Waals surface area contributed by atoms with Crippen LogP contribution in [-0.2, 0) is 32.8 Å². The van der Waals surface area contributed by atoms with Crippen LogP contribution in [0, 0.1) is 6.07 Å². The first-order valence-corrected chi connectivity index (χ1v) is 42.3. The Morgan fingerprint density at radius 2 is 0.657 bits per heavy atom. The fourth-order valence-corrected chi connectivity index (χ4v) is 15.1. The number of carboxylic acids is 1. The summed E-state index contributed by atoms with van der Waals surface area (Å²) >= 11 is 0. The molecule has 0 fully saturated rings. The molecule has 696 valence electrons. The van der Waals surface area contributed by atoms with Crippen LogP contribution < -0.4 is 95.1 Å². The van der Waals surface area contributed by atoms with Gasteiger partial charge in [0.1, 0.15) is 125 Å². The summed E-state index contributed by atoms with van der Waals surface area (Å²) in [5.41, 5.74) is 11.4. The molecule has 8 aromatic heterocycles. The number of carboxylic acid groups (broad SMARTS) is 1. The van der Waals surface area contributed by atoms with Gasteiger partial charge in [0.2, 0.25) is 29.6 Å². The largest absolute Gasteiger partial charge is 2.00 e. The summed E-state index contributed by atoms with van der Waals surface area (Å²) in [6.45, 7) is 1.58. The molecule has 35 heteroatoms. The van der Waals surface area contributed by atoms with Crippen LogP contribution in [0.3, 0.4) is 0 Å². The molecule has 0 saturated carbocycles. The molecule has 19 rings (SSSR count). The summed E-state index contributed by atoms with van der Waals surface area (Å²) in [6.07, 6.45) is 5.87. The van der Waals surface area contributed by atoms with Gasteiger partial charge in [0, 0.05) is 125 Å². The van der Waals surface area contributed by atoms with E-state index < -0.39 is 12.1 Å². The molecule has 8 heterocycles. The van der Waals surface area contributed by atoms with Gasteiger partial charge in [-0.15, -0.1) is 0 Å². The van der Waals surface area contributed by atoms with E-state index in [9.17, 15) is 24.9 Å². The molecule has 0 bridgehead atoms. The van der Waals surface area contributed by atoms with E-state index in [0.29, 0.717) is 180 Å². The number of aromatic nitrogens is 12. The van der Waals surface area contributed by atoms with Crippen molar-refractivity contribution >= 4 is 125 Å². The number of aliphatic hydroxyl groups excluding tert-OH is 2. The number of aliphatic hydroxyl groups is 2. The van der Waals surface area contributed by atoms with Crippen LogP contribution in [0.4, 0.5) is 23.8 Å². The van der Waals surface area contributed by atoms with E-state index in [4.69, 9.17) is 81.8 Å². The number of rotatable bonds is 30. The molecule has 19 aromatic rings. The van der Waals surface area contributed by atoms with Crippen LogP contribution in [0.1, 0.15) is 71.8 Å². The molecule has 11 aromatic carbocycles. The van der Waals surface area contributed by atoms with E-state index in [1.165, 1.54) is 6.20 Å². The number of benzene rings is 11. The third kappa shape index (κ3) is 22.0. The van der Waals surface area contributed by atoms with Gasteiger partial charge in [0.15, 0.2) is 5.69 Å². The molecular weight excluding hydrogens is 1830 g/mol. The molecule has 7 N–H and O–H groups in total. The number of hydrogen-bond acceptors (Lipinski definition) is 28. The Hall–Kier alpha value is -16.0. The SMILES string of the molecule is COc1ccc(CNc2nc3c(OC)cccc3c3nc(C(=O)O)cn23)c(OC)c1.COc1ccc(CNc2nc3c(OC)cccc3c3nc(C(=O)c4ccccc4)cn23)c(OC)c1.COc1ccc(CNc2nc3c(OC)cccc3c3nc(C(O)c4ccccc4)cn23)c(OC)c1.COc1ccc(CNc2nc3c(OC)cccc3c3nc(CO)cn23)c(OC)c1.[Br-].[Mg+2].[c-]1ccccc1. The number of aromatic carboxylic acids is 1. The van der Waals surface area contributed by atoms with Crippen molar-refractivity contribution in [3.05, 3.63) is 324 Å². The number of carbonyl (C=O) groups is 2. The van der Waals surface area contributed by atoms with Crippen LogP contribution in [-0.4, -0.2) is 193 Å². The molecule has 0 spiro atoms. The molecule has 137 heavy (non-hydrogen) atoms. The maximum absolute atomic E-state index is 13.1. The second kappa shape index (κ2) is 46.1. The van der Waals surface area contributed by atoms with E-state index in [-0.39, 0.29) is 58.1 Å². The minimum atomic E-state index is -1.11. The molecule has 1 atom stereocenters. The Morgan fingerprint density at radius 3 is 0.978 bits per heavy atom. The molecule has 0 radical (unpaired) electrons. The number of ether oxygens (including phenoxy) is 12. The van der Waals surface area contributed by atoms with Crippen molar-refractivity contribution in [3.63, 3.8) is 0 Å². The zero-order valence-corrected chi connectivity index (χ0v) is 79.9. The second-order valence-electron chi connectivity index (χ2n) is 29.8. The normalized spacial score (nSPS) is 10.9. The van der Waals surface area contributed by atoms with Crippen molar-refractivity contribution < 1.29 is 98.7 Å². The van der Waals surface area contributed by atoms with Crippen LogP contribution in [0.15, 0.2) is 261 Å². The van der Waals surface area contributed by atoms with Crippen molar-refractivity contribution in [2.45, 2.75) is 38.9 Å². The van der Waals surface area contributed by atoms with E-state index >= 15 is 0 Å². The summed E-state index contributed by atoms with van der Waals surface area (Å²) in [6, 6.07) is 76.0. The Labute approximate surface area is 813 Å². The average Bonchev–Trinajstić information content (AvgIpc) is 1.53. The molecule has 0 amide bonds. The Kier molecular flexibility index (Phi) is 33.2. The standard InChI is InChI=1S/C27H26N4O4.C27H24N4O4.C21H20N4O5.C21H22N4O4.C6H5.BrH.Mg/c2*1-33-19-13-12-18(23(14-19)35-3)15-28-27-30-24-20(10-7-11-22(24)34-2)26-29-21(16-31(26)27)25(32)17-8-5-4-6-9-17;1-28-13-8-7-12(17(9-13)30-3)10-22-21-24-18-14(5-4-6-16(18)29-2)19-23-15(20(26)27)11-25(19)21;1-27-15-8-7-13(18(9-15)29-3)10-22-21-24-19-16(5-4-6-17(19)28-2)20-23-14(12-26)11-25(20)21;1-2-4-6-5-3-1;;/h4-14,16,25,32H,15H2,1-3H3,(H,28,30);4-14,16H,15H2,1-3H3,(H,28,30);4-9,11H,10H2,1-3H3,(H,22,24)(H,26,27);4-9,11,26H,10,12H2,1-3H3,(H,22,24);1-5H;1H;/q;;;;-1;;+2/p-1. The maximum Gasteiger partial charge on any atom is 2.00 e. The quantitative estimate of drug-likeness (QED) is 0.0125. The zero-order chi connectivity index (χ0) is 94.6. The van der Waals surface area contributed by atoms with Crippen molar-refractivity contribution in [1.82, 2.24) is 57.5 Å². The molecule has 0 saturated heterocycles. The first kappa shape index (κ1) is 98.5. The molecule has 33 nitrogen and oxygen atoms in total. The summed E-state index contributed by atoms with van der Waals surface area (Å²) in [7, 11) is 19.3. The number of imidazole rings is 4. The van der Waals surface area contributed by atoms with Gasteiger partial charge in [-0.3, -0.25) is 22.4 Å². The summed E-state index contributed by atoms with van der Waals surface area (Å²) in [5.74, 6) is 8.93. The number of fused-ring (bicyclic) bond motifs is 12. The number of nitrogens with zero attached hydrogens (tertiary/aromatic N) is 12. The van der Waals surface area contributed by atoms with Gasteiger partial charge in [-0.1, -0.05) is 84.9 Å². The zero-order valence-electron chi connectivity index (χ0n) is 76.9. The minimum absolute atomic E-state index is 0. The topological polar surface area (TPSA) is 374 Å². The number of nitrogens with one attached hydrogen (secondary N) is 4. The average molecular weight is 1920 g/mol. The van der Waals surface area contributed by atoms with Crippen molar-refractivity contribution in [2.75, 3.05) is 107 Å². The minimum Gasteiger partial charge on any atom is -1.00 e. The third-order valence-corrected chi connectivity index (χ3v) is 21.9. The summed E-state index contributed by atoms with van der Waals surface area (Å²) < 4.78 is 72.3. The summed E-state index contributed by atoms with van der Waals surface area (Å²) in [4.78, 5) is 62.1.